The van der Waals surface area contributed by atoms with Crippen molar-refractivity contribution in [3.63, 3.8) is 0 Å². The third kappa shape index (κ3) is 4.30. The van der Waals surface area contributed by atoms with Gasteiger partial charge >= 0.3 is 5.69 Å². The summed E-state index contributed by atoms with van der Waals surface area (Å²) in [6.07, 6.45) is 7.26. The normalized spacial score (nSPS) is 14.3. The molecule has 0 radical (unpaired) electrons. The molecule has 28 heavy (non-hydrogen) atoms. The number of H-pyrrole nitrogens is 1. The van der Waals surface area contributed by atoms with E-state index in [0.717, 1.165) is 44.3 Å². The maximum absolute atomic E-state index is 12.7. The van der Waals surface area contributed by atoms with Gasteiger partial charge in [-0.2, -0.15) is 0 Å². The van der Waals surface area contributed by atoms with Gasteiger partial charge in [0.25, 0.3) is 5.56 Å². The standard InChI is InChI=1S/C19H27N5O3S/c1-2-3-10-23-16(20)15(17(25)22-18(23)26)24(13-7-4-5-8-13)19(28)21-12-14-9-6-11-27-14/h6,9,11,13H,2-5,7-8,10,12,20H2,1H3,(H,21,28)(H,22,25,26). The van der Waals surface area contributed by atoms with Crippen LogP contribution in [0.4, 0.5) is 11.5 Å². The Kier molecular flexibility index (Phi) is 6.56. The summed E-state index contributed by atoms with van der Waals surface area (Å²) in [6, 6.07) is 3.72. The maximum atomic E-state index is 12.7. The van der Waals surface area contributed by atoms with Crippen molar-refractivity contribution in [3.05, 3.63) is 45.0 Å². The zero-order chi connectivity index (χ0) is 20.1. The van der Waals surface area contributed by atoms with Crippen LogP contribution >= 0.6 is 12.2 Å². The molecule has 9 heteroatoms. The monoisotopic (exact) mass is 405 g/mol. The molecule has 0 saturated heterocycles. The average molecular weight is 406 g/mol. The van der Waals surface area contributed by atoms with Crippen molar-refractivity contribution < 1.29 is 4.42 Å². The first-order chi connectivity index (χ1) is 13.5. The number of anilines is 2. The SMILES string of the molecule is CCCCn1c(N)c(N(C(=S)NCc2ccco2)C2CCCC2)c(=O)[nH]c1=O. The van der Waals surface area contributed by atoms with E-state index in [4.69, 9.17) is 22.4 Å². The lowest BCUT2D eigenvalue weighted by Gasteiger charge is -2.32. The third-order valence-electron chi connectivity index (χ3n) is 5.09. The van der Waals surface area contributed by atoms with Gasteiger partial charge in [-0.1, -0.05) is 26.2 Å². The molecular formula is C19H27N5O3S. The molecule has 152 valence electrons. The molecule has 0 amide bonds. The summed E-state index contributed by atoms with van der Waals surface area (Å²) in [4.78, 5) is 29.2. The van der Waals surface area contributed by atoms with Crippen LogP contribution in [-0.2, 0) is 13.1 Å². The van der Waals surface area contributed by atoms with Gasteiger partial charge in [-0.15, -0.1) is 0 Å². The predicted molar refractivity (Wildman–Crippen MR) is 114 cm³/mol. The quantitative estimate of drug-likeness (QED) is 0.607. The highest BCUT2D eigenvalue weighted by atomic mass is 32.1. The zero-order valence-corrected chi connectivity index (χ0v) is 16.9. The van der Waals surface area contributed by atoms with E-state index in [-0.39, 0.29) is 17.5 Å². The number of aromatic nitrogens is 2. The summed E-state index contributed by atoms with van der Waals surface area (Å²) in [5.41, 5.74) is 5.57. The van der Waals surface area contributed by atoms with Gasteiger partial charge in [-0.25, -0.2) is 4.79 Å². The van der Waals surface area contributed by atoms with Crippen molar-refractivity contribution in [1.82, 2.24) is 14.9 Å². The molecule has 0 aromatic carbocycles. The highest BCUT2D eigenvalue weighted by Gasteiger charge is 2.30. The van der Waals surface area contributed by atoms with E-state index in [2.05, 4.69) is 10.3 Å². The maximum Gasteiger partial charge on any atom is 0.330 e. The lowest BCUT2D eigenvalue weighted by Crippen LogP contribution is -2.49. The van der Waals surface area contributed by atoms with Crippen LogP contribution in [0.3, 0.4) is 0 Å². The fourth-order valence-electron chi connectivity index (χ4n) is 3.62. The van der Waals surface area contributed by atoms with Crippen LogP contribution in [0.2, 0.25) is 0 Å². The number of nitrogens with one attached hydrogen (secondary N) is 2. The average Bonchev–Trinajstić information content (AvgIpc) is 3.36. The number of rotatable bonds is 7. The highest BCUT2D eigenvalue weighted by molar-refractivity contribution is 7.80. The van der Waals surface area contributed by atoms with Gasteiger partial charge in [0.15, 0.2) is 10.8 Å². The topological polar surface area (TPSA) is 109 Å². The molecule has 2 aromatic rings. The Morgan fingerprint density at radius 2 is 2.18 bits per heavy atom. The van der Waals surface area contributed by atoms with E-state index < -0.39 is 11.2 Å². The largest absolute Gasteiger partial charge is 0.467 e. The number of unbranched alkanes of at least 4 members (excludes halogenated alkanes) is 1. The fourth-order valence-corrected chi connectivity index (χ4v) is 3.93. The smallest absolute Gasteiger partial charge is 0.330 e. The minimum absolute atomic E-state index is 0.0668. The molecule has 1 aliphatic rings. The van der Waals surface area contributed by atoms with Gasteiger partial charge in [0.2, 0.25) is 0 Å². The second-order valence-corrected chi connectivity index (χ2v) is 7.43. The van der Waals surface area contributed by atoms with Crippen LogP contribution in [0, 0.1) is 0 Å². The Labute approximate surface area is 168 Å². The van der Waals surface area contributed by atoms with Crippen LogP contribution in [0.25, 0.3) is 0 Å². The number of hydrogen-bond acceptors (Lipinski definition) is 5. The van der Waals surface area contributed by atoms with Gasteiger partial charge in [0, 0.05) is 12.6 Å². The first kappa shape index (κ1) is 20.2. The highest BCUT2D eigenvalue weighted by Crippen LogP contribution is 2.29. The van der Waals surface area contributed by atoms with Crippen LogP contribution in [0.5, 0.6) is 0 Å². The summed E-state index contributed by atoms with van der Waals surface area (Å²) in [5.74, 6) is 0.903. The molecular weight excluding hydrogens is 378 g/mol. The molecule has 1 saturated carbocycles. The number of aromatic amines is 1. The van der Waals surface area contributed by atoms with Gasteiger partial charge in [0.05, 0.1) is 12.8 Å². The van der Waals surface area contributed by atoms with Crippen molar-refractivity contribution in [2.24, 2.45) is 0 Å². The van der Waals surface area contributed by atoms with Crippen LogP contribution in [-0.4, -0.2) is 20.7 Å². The third-order valence-corrected chi connectivity index (χ3v) is 5.43. The van der Waals surface area contributed by atoms with Crippen molar-refractivity contribution >= 4 is 28.8 Å². The Balaban J connectivity index is 1.96. The summed E-state index contributed by atoms with van der Waals surface area (Å²) in [5, 5.41) is 3.56. The molecule has 2 aromatic heterocycles. The number of nitrogens with zero attached hydrogens (tertiary/aromatic N) is 2. The van der Waals surface area contributed by atoms with E-state index >= 15 is 0 Å². The van der Waals surface area contributed by atoms with Crippen LogP contribution in [0.1, 0.15) is 51.2 Å². The van der Waals surface area contributed by atoms with Crippen molar-refractivity contribution in [2.75, 3.05) is 10.6 Å². The first-order valence-electron chi connectivity index (χ1n) is 9.75. The molecule has 0 bridgehead atoms. The van der Waals surface area contributed by atoms with E-state index in [1.807, 2.05) is 13.0 Å². The second kappa shape index (κ2) is 9.09. The van der Waals surface area contributed by atoms with E-state index in [0.29, 0.717) is 18.2 Å². The molecule has 0 aliphatic heterocycles. The number of furan rings is 1. The Morgan fingerprint density at radius 3 is 2.82 bits per heavy atom. The molecule has 3 rings (SSSR count). The Hall–Kier alpha value is -2.55. The van der Waals surface area contributed by atoms with E-state index in [1.54, 1.807) is 17.2 Å². The number of thiocarbonyl (C=S) groups is 1. The van der Waals surface area contributed by atoms with Crippen molar-refractivity contribution in [1.29, 1.82) is 0 Å². The molecule has 4 N–H and O–H groups in total. The number of nitrogens with two attached hydrogens (primary N) is 1. The molecule has 0 atom stereocenters. The van der Waals surface area contributed by atoms with E-state index in [9.17, 15) is 9.59 Å². The van der Waals surface area contributed by atoms with Crippen LogP contribution < -0.4 is 27.2 Å². The zero-order valence-electron chi connectivity index (χ0n) is 16.1. The summed E-state index contributed by atoms with van der Waals surface area (Å²) < 4.78 is 6.77. The Bertz CT molecular complexity index is 913. The van der Waals surface area contributed by atoms with E-state index in [1.165, 1.54) is 4.57 Å². The predicted octanol–water partition coefficient (Wildman–Crippen LogP) is 2.34. The van der Waals surface area contributed by atoms with Crippen molar-refractivity contribution in [3.8, 4) is 0 Å². The Morgan fingerprint density at radius 1 is 1.43 bits per heavy atom. The summed E-state index contributed by atoms with van der Waals surface area (Å²) >= 11 is 5.63. The van der Waals surface area contributed by atoms with Crippen molar-refractivity contribution in [2.45, 2.75) is 64.6 Å². The lowest BCUT2D eigenvalue weighted by atomic mass is 10.2. The van der Waals surface area contributed by atoms with Gasteiger partial charge in [0.1, 0.15) is 11.6 Å². The fraction of sp³-hybridized carbons (Fsp3) is 0.526. The minimum atomic E-state index is -0.510. The molecule has 1 aliphatic carbocycles. The molecule has 2 heterocycles. The molecule has 0 unspecified atom stereocenters. The molecule has 1 fully saturated rings. The summed E-state index contributed by atoms with van der Waals surface area (Å²) in [6.45, 7) is 2.89. The van der Waals surface area contributed by atoms with Gasteiger partial charge < -0.3 is 20.4 Å². The van der Waals surface area contributed by atoms with Crippen LogP contribution in [0.15, 0.2) is 32.4 Å². The minimum Gasteiger partial charge on any atom is -0.467 e. The number of hydrogen-bond donors (Lipinski definition) is 3. The molecule has 8 nitrogen and oxygen atoms in total. The second-order valence-electron chi connectivity index (χ2n) is 7.04. The lowest BCUT2D eigenvalue weighted by molar-refractivity contribution is 0.502. The van der Waals surface area contributed by atoms with Gasteiger partial charge in [-0.3, -0.25) is 14.3 Å². The van der Waals surface area contributed by atoms with Gasteiger partial charge in [-0.05, 0) is 43.6 Å². The number of nitrogen functional groups attached to an aromatic ring is 1. The first-order valence-corrected chi connectivity index (χ1v) is 10.2. The summed E-state index contributed by atoms with van der Waals surface area (Å²) in [7, 11) is 0. The molecule has 0 spiro atoms.